The van der Waals surface area contributed by atoms with Crippen LogP contribution in [-0.2, 0) is 10.2 Å². The van der Waals surface area contributed by atoms with Crippen molar-refractivity contribution in [3.8, 4) is 0 Å². The van der Waals surface area contributed by atoms with E-state index in [0.717, 1.165) is 44.5 Å². The van der Waals surface area contributed by atoms with Crippen LogP contribution in [0.15, 0.2) is 35.7 Å². The van der Waals surface area contributed by atoms with Crippen LogP contribution in [0.4, 0.5) is 5.13 Å². The van der Waals surface area contributed by atoms with Gasteiger partial charge in [0.25, 0.3) is 0 Å². The van der Waals surface area contributed by atoms with Crippen LogP contribution in [0.25, 0.3) is 0 Å². The van der Waals surface area contributed by atoms with E-state index in [1.54, 1.807) is 0 Å². The van der Waals surface area contributed by atoms with Gasteiger partial charge in [-0.1, -0.05) is 36.8 Å². The van der Waals surface area contributed by atoms with Gasteiger partial charge in [0, 0.05) is 29.8 Å². The fraction of sp³-hybridized carbons (Fsp3) is 0.474. The van der Waals surface area contributed by atoms with Crippen LogP contribution < -0.4 is 5.73 Å². The third-order valence-corrected chi connectivity index (χ3v) is 6.40. The minimum absolute atomic E-state index is 0.119. The van der Waals surface area contributed by atoms with E-state index in [9.17, 15) is 4.79 Å². The number of rotatable bonds is 3. The van der Waals surface area contributed by atoms with Crippen LogP contribution in [0.5, 0.6) is 0 Å². The van der Waals surface area contributed by atoms with Gasteiger partial charge in [-0.2, -0.15) is 0 Å². The van der Waals surface area contributed by atoms with Crippen LogP contribution in [0, 0.1) is 5.92 Å². The number of amides is 1. The number of carbonyl (C=O) groups is 1. The molecule has 1 aromatic carbocycles. The topological polar surface area (TPSA) is 59.2 Å². The Bertz CT molecular complexity index is 715. The molecule has 1 saturated carbocycles. The second-order valence-electron chi connectivity index (χ2n) is 6.97. The molecule has 2 aliphatic rings. The summed E-state index contributed by atoms with van der Waals surface area (Å²) < 4.78 is 0. The molecule has 2 heterocycles. The van der Waals surface area contributed by atoms with Gasteiger partial charge in [0.15, 0.2) is 5.13 Å². The van der Waals surface area contributed by atoms with Gasteiger partial charge in [-0.3, -0.25) is 4.79 Å². The van der Waals surface area contributed by atoms with Crippen LogP contribution in [0.1, 0.15) is 43.4 Å². The molecule has 5 heteroatoms. The quantitative estimate of drug-likeness (QED) is 0.930. The number of benzene rings is 1. The SMILES string of the molecule is Nc1nc(C2(c3ccccc3)CCN(C(=O)C3CCC3)CC2)cs1. The smallest absolute Gasteiger partial charge is 0.225 e. The number of thiazole rings is 1. The summed E-state index contributed by atoms with van der Waals surface area (Å²) in [5, 5.41) is 2.71. The number of likely N-dealkylation sites (tertiary alicyclic amines) is 1. The predicted molar refractivity (Wildman–Crippen MR) is 96.9 cm³/mol. The molecule has 2 aromatic rings. The summed E-state index contributed by atoms with van der Waals surface area (Å²) in [6.07, 6.45) is 5.18. The molecule has 1 aliphatic carbocycles. The lowest BCUT2D eigenvalue weighted by molar-refractivity contribution is -0.139. The van der Waals surface area contributed by atoms with Crippen molar-refractivity contribution in [3.05, 3.63) is 47.0 Å². The van der Waals surface area contributed by atoms with Crippen LogP contribution in [-0.4, -0.2) is 28.9 Å². The van der Waals surface area contributed by atoms with Gasteiger partial charge in [0.2, 0.25) is 5.91 Å². The summed E-state index contributed by atoms with van der Waals surface area (Å²) >= 11 is 1.50. The fourth-order valence-corrected chi connectivity index (χ4v) is 4.64. The Morgan fingerprint density at radius 1 is 1.21 bits per heavy atom. The Labute approximate surface area is 146 Å². The first-order valence-corrected chi connectivity index (χ1v) is 9.63. The van der Waals surface area contributed by atoms with Crippen molar-refractivity contribution < 1.29 is 4.79 Å². The Morgan fingerprint density at radius 2 is 1.92 bits per heavy atom. The van der Waals surface area contributed by atoms with Crippen molar-refractivity contribution in [2.75, 3.05) is 18.8 Å². The molecule has 0 spiro atoms. The Hall–Kier alpha value is -1.88. The second kappa shape index (κ2) is 6.20. The van der Waals surface area contributed by atoms with Gasteiger partial charge in [-0.25, -0.2) is 4.98 Å². The molecule has 2 fully saturated rings. The molecular weight excluding hydrogens is 318 g/mol. The molecule has 2 N–H and O–H groups in total. The average Bonchev–Trinajstić information content (AvgIpc) is 3.01. The standard InChI is InChI=1S/C19H23N3OS/c20-18-21-16(13-24-18)19(15-7-2-1-3-8-15)9-11-22(12-10-19)17(23)14-5-4-6-14/h1-3,7-8,13-14H,4-6,9-12H2,(H2,20,21). The van der Waals surface area contributed by atoms with Crippen LogP contribution >= 0.6 is 11.3 Å². The second-order valence-corrected chi connectivity index (χ2v) is 7.86. The molecule has 4 nitrogen and oxygen atoms in total. The zero-order valence-corrected chi connectivity index (χ0v) is 14.6. The van der Waals surface area contributed by atoms with Gasteiger partial charge in [0.1, 0.15) is 0 Å². The summed E-state index contributed by atoms with van der Waals surface area (Å²) in [4.78, 5) is 19.2. The minimum atomic E-state index is -0.119. The zero-order chi connectivity index (χ0) is 16.6. The highest BCUT2D eigenvalue weighted by molar-refractivity contribution is 7.13. The largest absolute Gasteiger partial charge is 0.375 e. The molecule has 1 amide bonds. The zero-order valence-electron chi connectivity index (χ0n) is 13.8. The summed E-state index contributed by atoms with van der Waals surface area (Å²) in [5.41, 5.74) is 8.13. The lowest BCUT2D eigenvalue weighted by atomic mass is 9.70. The molecule has 1 saturated heterocycles. The van der Waals surface area contributed by atoms with E-state index >= 15 is 0 Å². The summed E-state index contributed by atoms with van der Waals surface area (Å²) in [6, 6.07) is 10.6. The van der Waals surface area contributed by atoms with Gasteiger partial charge in [0.05, 0.1) is 5.69 Å². The van der Waals surface area contributed by atoms with E-state index in [-0.39, 0.29) is 11.3 Å². The third kappa shape index (κ3) is 2.61. The predicted octanol–water partition coefficient (Wildman–Crippen LogP) is 3.43. The minimum Gasteiger partial charge on any atom is -0.375 e. The molecule has 1 aromatic heterocycles. The van der Waals surface area contributed by atoms with Crippen molar-refractivity contribution in [1.29, 1.82) is 0 Å². The van der Waals surface area contributed by atoms with E-state index in [4.69, 9.17) is 5.73 Å². The van der Waals surface area contributed by atoms with Crippen LogP contribution in [0.2, 0.25) is 0 Å². The Kier molecular flexibility index (Phi) is 4.04. The Morgan fingerprint density at radius 3 is 2.46 bits per heavy atom. The fourth-order valence-electron chi connectivity index (χ4n) is 3.98. The van der Waals surface area contributed by atoms with Crippen molar-refractivity contribution in [2.45, 2.75) is 37.5 Å². The maximum atomic E-state index is 12.6. The number of nitrogens with zero attached hydrogens (tertiary/aromatic N) is 2. The molecule has 0 unspecified atom stereocenters. The van der Waals surface area contributed by atoms with Crippen LogP contribution in [0.3, 0.4) is 0 Å². The van der Waals surface area contributed by atoms with E-state index < -0.39 is 0 Å². The first-order chi connectivity index (χ1) is 11.7. The van der Waals surface area contributed by atoms with Gasteiger partial charge >= 0.3 is 0 Å². The summed E-state index contributed by atoms with van der Waals surface area (Å²) in [5.74, 6) is 0.643. The van der Waals surface area contributed by atoms with Gasteiger partial charge in [-0.05, 0) is 31.2 Å². The average molecular weight is 341 g/mol. The number of hydrogen-bond donors (Lipinski definition) is 1. The molecule has 0 atom stereocenters. The molecule has 0 bridgehead atoms. The van der Waals surface area contributed by atoms with E-state index in [1.165, 1.54) is 23.3 Å². The summed E-state index contributed by atoms with van der Waals surface area (Å²) in [6.45, 7) is 1.61. The molecular formula is C19H23N3OS. The lowest BCUT2D eigenvalue weighted by Crippen LogP contribution is -2.48. The number of aromatic nitrogens is 1. The highest BCUT2D eigenvalue weighted by Gasteiger charge is 2.42. The normalized spacial score (nSPS) is 20.6. The summed E-state index contributed by atoms with van der Waals surface area (Å²) in [7, 11) is 0. The molecule has 24 heavy (non-hydrogen) atoms. The third-order valence-electron chi connectivity index (χ3n) is 5.72. The number of nitrogens with two attached hydrogens (primary N) is 1. The maximum absolute atomic E-state index is 12.6. The van der Waals surface area contributed by atoms with Crippen molar-refractivity contribution in [2.24, 2.45) is 5.92 Å². The molecule has 4 rings (SSSR count). The number of hydrogen-bond acceptors (Lipinski definition) is 4. The highest BCUT2D eigenvalue weighted by atomic mass is 32.1. The monoisotopic (exact) mass is 341 g/mol. The van der Waals surface area contributed by atoms with Crippen molar-refractivity contribution in [1.82, 2.24) is 9.88 Å². The molecule has 0 radical (unpaired) electrons. The first-order valence-electron chi connectivity index (χ1n) is 8.75. The van der Waals surface area contributed by atoms with E-state index in [0.29, 0.717) is 11.0 Å². The maximum Gasteiger partial charge on any atom is 0.225 e. The number of piperidine rings is 1. The number of carbonyl (C=O) groups excluding carboxylic acids is 1. The van der Waals surface area contributed by atoms with Crippen molar-refractivity contribution >= 4 is 22.4 Å². The van der Waals surface area contributed by atoms with Crippen molar-refractivity contribution in [3.63, 3.8) is 0 Å². The number of anilines is 1. The first kappa shape index (κ1) is 15.6. The van der Waals surface area contributed by atoms with Gasteiger partial charge in [-0.15, -0.1) is 11.3 Å². The highest BCUT2D eigenvalue weighted by Crippen LogP contribution is 2.43. The molecule has 1 aliphatic heterocycles. The molecule has 126 valence electrons. The number of nitrogen functional groups attached to an aromatic ring is 1. The van der Waals surface area contributed by atoms with E-state index in [1.807, 2.05) is 6.07 Å². The van der Waals surface area contributed by atoms with E-state index in [2.05, 4.69) is 39.5 Å². The lowest BCUT2D eigenvalue weighted by Gasteiger charge is -2.43. The van der Waals surface area contributed by atoms with Gasteiger partial charge < -0.3 is 10.6 Å². The Balaban J connectivity index is 1.60.